The molecule has 2 atom stereocenters. The molecule has 2 aliphatic rings. The molecule has 1 aromatic rings. The number of hydrogen-bond acceptors (Lipinski definition) is 5. The highest BCUT2D eigenvalue weighted by atomic mass is 16.5. The highest BCUT2D eigenvalue weighted by Gasteiger charge is 2.27. The molecule has 1 unspecified atom stereocenters. The third-order valence-corrected chi connectivity index (χ3v) is 5.05. The SMILES string of the molecule is CN1C(=O)CC(OCC2CCC2)COCCC[C@H]1c1cnccn1. The molecule has 0 bridgehead atoms. The molecule has 6 nitrogen and oxygen atoms in total. The van der Waals surface area contributed by atoms with Crippen LogP contribution in [0.25, 0.3) is 0 Å². The molecule has 24 heavy (non-hydrogen) atoms. The fourth-order valence-electron chi connectivity index (χ4n) is 3.23. The second kappa shape index (κ2) is 8.53. The molecule has 1 aliphatic heterocycles. The minimum atomic E-state index is -0.152. The fraction of sp³-hybridized carbons (Fsp3) is 0.722. The van der Waals surface area contributed by atoms with Gasteiger partial charge in [0.1, 0.15) is 0 Å². The van der Waals surface area contributed by atoms with Gasteiger partial charge in [-0.1, -0.05) is 6.42 Å². The van der Waals surface area contributed by atoms with Gasteiger partial charge in [0.15, 0.2) is 0 Å². The molecule has 3 rings (SSSR count). The van der Waals surface area contributed by atoms with Crippen LogP contribution in [0.1, 0.15) is 50.3 Å². The van der Waals surface area contributed by atoms with Gasteiger partial charge in [0.2, 0.25) is 5.91 Å². The Kier molecular flexibility index (Phi) is 6.15. The van der Waals surface area contributed by atoms with E-state index in [1.54, 1.807) is 23.5 Å². The topological polar surface area (TPSA) is 64.6 Å². The van der Waals surface area contributed by atoms with Gasteiger partial charge in [-0.2, -0.15) is 0 Å². The lowest BCUT2D eigenvalue weighted by Crippen LogP contribution is -2.37. The van der Waals surface area contributed by atoms with Crippen LogP contribution in [0.2, 0.25) is 0 Å². The summed E-state index contributed by atoms with van der Waals surface area (Å²) in [6.45, 7) is 1.93. The van der Waals surface area contributed by atoms with Crippen molar-refractivity contribution in [3.63, 3.8) is 0 Å². The highest BCUT2D eigenvalue weighted by molar-refractivity contribution is 5.76. The number of hydrogen-bond donors (Lipinski definition) is 0. The third kappa shape index (κ3) is 4.51. The molecular formula is C18H27N3O3. The van der Waals surface area contributed by atoms with Gasteiger partial charge in [-0.15, -0.1) is 0 Å². The summed E-state index contributed by atoms with van der Waals surface area (Å²) < 4.78 is 11.7. The van der Waals surface area contributed by atoms with Crippen molar-refractivity contribution in [3.8, 4) is 0 Å². The van der Waals surface area contributed by atoms with Crippen molar-refractivity contribution < 1.29 is 14.3 Å². The van der Waals surface area contributed by atoms with Gasteiger partial charge in [0.05, 0.1) is 37.1 Å². The van der Waals surface area contributed by atoms with E-state index in [1.807, 2.05) is 7.05 Å². The van der Waals surface area contributed by atoms with Crippen LogP contribution in [-0.4, -0.2) is 53.7 Å². The highest BCUT2D eigenvalue weighted by Crippen LogP contribution is 2.28. The monoisotopic (exact) mass is 333 g/mol. The number of rotatable bonds is 4. The molecular weight excluding hydrogens is 306 g/mol. The minimum absolute atomic E-state index is 0.0554. The molecule has 132 valence electrons. The van der Waals surface area contributed by atoms with E-state index in [0.717, 1.165) is 25.1 Å². The summed E-state index contributed by atoms with van der Waals surface area (Å²) in [7, 11) is 1.85. The fourth-order valence-corrected chi connectivity index (χ4v) is 3.23. The maximum Gasteiger partial charge on any atom is 0.225 e. The summed E-state index contributed by atoms with van der Waals surface area (Å²) in [5, 5.41) is 0. The first-order valence-electron chi connectivity index (χ1n) is 8.95. The van der Waals surface area contributed by atoms with Crippen LogP contribution in [0.4, 0.5) is 0 Å². The lowest BCUT2D eigenvalue weighted by molar-refractivity contribution is -0.138. The van der Waals surface area contributed by atoms with Crippen LogP contribution < -0.4 is 0 Å². The average Bonchev–Trinajstić information content (AvgIpc) is 2.56. The van der Waals surface area contributed by atoms with Crippen molar-refractivity contribution in [2.24, 2.45) is 5.92 Å². The first-order valence-corrected chi connectivity index (χ1v) is 8.95. The van der Waals surface area contributed by atoms with E-state index in [1.165, 1.54) is 19.3 Å². The second-order valence-corrected chi connectivity index (χ2v) is 6.82. The van der Waals surface area contributed by atoms with Crippen molar-refractivity contribution in [2.45, 2.75) is 50.7 Å². The lowest BCUT2D eigenvalue weighted by atomic mass is 9.86. The molecule has 1 saturated carbocycles. The zero-order valence-corrected chi connectivity index (χ0v) is 14.4. The largest absolute Gasteiger partial charge is 0.379 e. The van der Waals surface area contributed by atoms with Gasteiger partial charge in [0, 0.05) is 32.7 Å². The molecule has 0 spiro atoms. The maximum atomic E-state index is 12.7. The molecule has 0 aromatic carbocycles. The number of aromatic nitrogens is 2. The molecule has 2 heterocycles. The van der Waals surface area contributed by atoms with Crippen LogP contribution in [-0.2, 0) is 14.3 Å². The summed E-state index contributed by atoms with van der Waals surface area (Å²) in [5.74, 6) is 0.746. The normalized spacial score (nSPS) is 26.9. The third-order valence-electron chi connectivity index (χ3n) is 5.05. The van der Waals surface area contributed by atoms with Crippen LogP contribution in [0.5, 0.6) is 0 Å². The number of ether oxygens (including phenoxy) is 2. The molecule has 6 heteroatoms. The zero-order valence-electron chi connectivity index (χ0n) is 14.4. The van der Waals surface area contributed by atoms with Crippen molar-refractivity contribution in [1.29, 1.82) is 0 Å². The number of carbonyl (C=O) groups excluding carboxylic acids is 1. The van der Waals surface area contributed by atoms with E-state index >= 15 is 0 Å². The maximum absolute atomic E-state index is 12.7. The van der Waals surface area contributed by atoms with Crippen molar-refractivity contribution in [1.82, 2.24) is 14.9 Å². The van der Waals surface area contributed by atoms with Gasteiger partial charge in [0.25, 0.3) is 0 Å². The molecule has 0 N–H and O–H groups in total. The van der Waals surface area contributed by atoms with Gasteiger partial charge in [-0.05, 0) is 31.6 Å². The van der Waals surface area contributed by atoms with E-state index in [0.29, 0.717) is 25.6 Å². The zero-order chi connectivity index (χ0) is 16.8. The van der Waals surface area contributed by atoms with Crippen LogP contribution >= 0.6 is 0 Å². The smallest absolute Gasteiger partial charge is 0.225 e. The average molecular weight is 333 g/mol. The standard InChI is InChI=1S/C18H27N3O3/c1-21-17(16-11-19-7-8-20-16)6-3-9-23-13-15(10-18(21)22)24-12-14-4-2-5-14/h7-8,11,14-15,17H,2-6,9-10,12-13H2,1H3/t15?,17-/m0/s1. The predicted molar refractivity (Wildman–Crippen MR) is 89.3 cm³/mol. The molecule has 1 aromatic heterocycles. The Morgan fingerprint density at radius 2 is 2.17 bits per heavy atom. The second-order valence-electron chi connectivity index (χ2n) is 6.82. The molecule has 0 radical (unpaired) electrons. The van der Waals surface area contributed by atoms with Gasteiger partial charge in [-0.25, -0.2) is 0 Å². The number of carbonyl (C=O) groups is 1. The van der Waals surface area contributed by atoms with Gasteiger partial charge in [-0.3, -0.25) is 14.8 Å². The summed E-state index contributed by atoms with van der Waals surface area (Å²) in [5.41, 5.74) is 0.834. The Bertz CT molecular complexity index is 522. The Balaban J connectivity index is 1.63. The lowest BCUT2D eigenvalue weighted by Gasteiger charge is -2.32. The van der Waals surface area contributed by atoms with Crippen molar-refractivity contribution >= 4 is 5.91 Å². The van der Waals surface area contributed by atoms with Crippen molar-refractivity contribution in [2.75, 3.05) is 26.9 Å². The van der Waals surface area contributed by atoms with E-state index < -0.39 is 0 Å². The van der Waals surface area contributed by atoms with Gasteiger partial charge < -0.3 is 14.4 Å². The van der Waals surface area contributed by atoms with E-state index in [9.17, 15) is 4.79 Å². The van der Waals surface area contributed by atoms with Crippen LogP contribution in [0, 0.1) is 5.92 Å². The Hall–Kier alpha value is -1.53. The molecule has 1 saturated heterocycles. The summed E-state index contributed by atoms with van der Waals surface area (Å²) in [6.07, 6.45) is 10.8. The number of amides is 1. The van der Waals surface area contributed by atoms with E-state index in [2.05, 4.69) is 9.97 Å². The Labute approximate surface area is 143 Å². The Morgan fingerprint density at radius 1 is 1.29 bits per heavy atom. The summed E-state index contributed by atoms with van der Waals surface area (Å²) in [6, 6.07) is -0.0554. The van der Waals surface area contributed by atoms with E-state index in [-0.39, 0.29) is 18.1 Å². The van der Waals surface area contributed by atoms with Crippen molar-refractivity contribution in [3.05, 3.63) is 24.3 Å². The summed E-state index contributed by atoms with van der Waals surface area (Å²) in [4.78, 5) is 23.0. The predicted octanol–water partition coefficient (Wildman–Crippen LogP) is 2.36. The molecule has 1 amide bonds. The van der Waals surface area contributed by atoms with E-state index in [4.69, 9.17) is 9.47 Å². The van der Waals surface area contributed by atoms with Crippen LogP contribution in [0.3, 0.4) is 0 Å². The van der Waals surface area contributed by atoms with Crippen LogP contribution in [0.15, 0.2) is 18.6 Å². The minimum Gasteiger partial charge on any atom is -0.379 e. The van der Waals surface area contributed by atoms with Gasteiger partial charge >= 0.3 is 0 Å². The molecule has 2 fully saturated rings. The Morgan fingerprint density at radius 3 is 2.88 bits per heavy atom. The molecule has 1 aliphatic carbocycles. The first-order chi connectivity index (χ1) is 11.7. The summed E-state index contributed by atoms with van der Waals surface area (Å²) >= 11 is 0. The number of nitrogens with zero attached hydrogens (tertiary/aromatic N) is 3. The first kappa shape index (κ1) is 17.3. The quantitative estimate of drug-likeness (QED) is 0.846.